The van der Waals surface area contributed by atoms with Gasteiger partial charge >= 0.3 is 0 Å². The Kier molecular flexibility index (Phi) is 6.65. The van der Waals surface area contributed by atoms with Crippen molar-refractivity contribution in [1.29, 1.82) is 0 Å². The highest BCUT2D eigenvalue weighted by molar-refractivity contribution is 5.76. The molecule has 116 valence electrons. The number of amides is 1. The van der Waals surface area contributed by atoms with Crippen LogP contribution in [0.1, 0.15) is 23.1 Å². The van der Waals surface area contributed by atoms with E-state index in [2.05, 4.69) is 35.8 Å². The Hall–Kier alpha value is -2.13. The molecule has 0 aliphatic heterocycles. The Morgan fingerprint density at radius 3 is 2.45 bits per heavy atom. The molecule has 22 heavy (non-hydrogen) atoms. The number of nitrogens with one attached hydrogen (secondary N) is 2. The van der Waals surface area contributed by atoms with Gasteiger partial charge in [-0.2, -0.15) is 0 Å². The minimum Gasteiger partial charge on any atom is -0.352 e. The summed E-state index contributed by atoms with van der Waals surface area (Å²) in [5, 5.41) is 6.28. The predicted octanol–water partition coefficient (Wildman–Crippen LogP) is 2.83. The highest BCUT2D eigenvalue weighted by atomic mass is 16.1. The molecule has 3 nitrogen and oxygen atoms in total. The molecule has 0 unspecified atom stereocenters. The van der Waals surface area contributed by atoms with Gasteiger partial charge in [-0.3, -0.25) is 4.79 Å². The number of hydrogen-bond donors (Lipinski definition) is 2. The van der Waals surface area contributed by atoms with E-state index in [0.717, 1.165) is 13.0 Å². The molecule has 0 atom stereocenters. The van der Waals surface area contributed by atoms with E-state index < -0.39 is 0 Å². The van der Waals surface area contributed by atoms with Crippen LogP contribution in [0.5, 0.6) is 0 Å². The van der Waals surface area contributed by atoms with Gasteiger partial charge < -0.3 is 10.6 Å². The summed E-state index contributed by atoms with van der Waals surface area (Å²) in [7, 11) is 0. The van der Waals surface area contributed by atoms with Crippen molar-refractivity contribution in [3.63, 3.8) is 0 Å². The van der Waals surface area contributed by atoms with Crippen LogP contribution in [-0.4, -0.2) is 19.0 Å². The van der Waals surface area contributed by atoms with Gasteiger partial charge in [0, 0.05) is 19.5 Å². The van der Waals surface area contributed by atoms with E-state index in [9.17, 15) is 4.79 Å². The normalized spacial score (nSPS) is 10.4. The van der Waals surface area contributed by atoms with Gasteiger partial charge in [0.25, 0.3) is 0 Å². The van der Waals surface area contributed by atoms with Crippen LogP contribution >= 0.6 is 0 Å². The zero-order valence-corrected chi connectivity index (χ0v) is 13.1. The Balaban J connectivity index is 1.57. The maximum Gasteiger partial charge on any atom is 0.221 e. The third-order valence-corrected chi connectivity index (χ3v) is 3.70. The molecular formula is C19H24N2O. The van der Waals surface area contributed by atoms with Crippen molar-refractivity contribution >= 4 is 5.91 Å². The molecule has 0 heterocycles. The Labute approximate surface area is 132 Å². The molecular weight excluding hydrogens is 272 g/mol. The van der Waals surface area contributed by atoms with Crippen LogP contribution in [0.25, 0.3) is 0 Å². The molecule has 0 aromatic heterocycles. The number of carbonyl (C=O) groups is 1. The summed E-state index contributed by atoms with van der Waals surface area (Å²) in [5.74, 6) is 0.0930. The molecule has 2 rings (SSSR count). The molecule has 0 aliphatic rings. The summed E-state index contributed by atoms with van der Waals surface area (Å²) in [6, 6.07) is 18.5. The van der Waals surface area contributed by atoms with Crippen LogP contribution in [0.2, 0.25) is 0 Å². The third-order valence-electron chi connectivity index (χ3n) is 3.70. The van der Waals surface area contributed by atoms with E-state index in [1.807, 2.05) is 36.4 Å². The first-order valence-corrected chi connectivity index (χ1v) is 7.81. The van der Waals surface area contributed by atoms with Crippen LogP contribution < -0.4 is 10.6 Å². The second-order valence-corrected chi connectivity index (χ2v) is 5.44. The molecule has 0 saturated heterocycles. The maximum absolute atomic E-state index is 11.8. The van der Waals surface area contributed by atoms with Crippen molar-refractivity contribution in [2.24, 2.45) is 0 Å². The first-order chi connectivity index (χ1) is 10.8. The van der Waals surface area contributed by atoms with Gasteiger partial charge in [0.05, 0.1) is 0 Å². The van der Waals surface area contributed by atoms with Crippen molar-refractivity contribution in [3.8, 4) is 0 Å². The molecule has 2 aromatic rings. The average molecular weight is 296 g/mol. The van der Waals surface area contributed by atoms with Gasteiger partial charge in [-0.1, -0.05) is 54.6 Å². The van der Waals surface area contributed by atoms with Crippen LogP contribution in [-0.2, 0) is 17.8 Å². The molecule has 1 amide bonds. The van der Waals surface area contributed by atoms with Gasteiger partial charge in [0.15, 0.2) is 0 Å². The van der Waals surface area contributed by atoms with E-state index in [4.69, 9.17) is 0 Å². The average Bonchev–Trinajstić information content (AvgIpc) is 2.55. The molecule has 2 aromatic carbocycles. The summed E-state index contributed by atoms with van der Waals surface area (Å²) < 4.78 is 0. The lowest BCUT2D eigenvalue weighted by molar-refractivity contribution is -0.121. The lowest BCUT2D eigenvalue weighted by atomic mass is 10.1. The van der Waals surface area contributed by atoms with E-state index in [-0.39, 0.29) is 5.91 Å². The lowest BCUT2D eigenvalue weighted by Gasteiger charge is -2.08. The Morgan fingerprint density at radius 1 is 0.955 bits per heavy atom. The maximum atomic E-state index is 11.8. The molecule has 2 N–H and O–H groups in total. The highest BCUT2D eigenvalue weighted by Crippen LogP contribution is 2.06. The number of benzene rings is 2. The van der Waals surface area contributed by atoms with Crippen molar-refractivity contribution in [2.45, 2.75) is 26.3 Å². The van der Waals surface area contributed by atoms with Gasteiger partial charge in [-0.05, 0) is 36.6 Å². The van der Waals surface area contributed by atoms with E-state index in [1.54, 1.807) is 0 Å². The molecule has 0 bridgehead atoms. The summed E-state index contributed by atoms with van der Waals surface area (Å²) in [4.78, 5) is 11.8. The number of hydrogen-bond acceptors (Lipinski definition) is 2. The number of carbonyl (C=O) groups excluding carboxylic acids is 1. The summed E-state index contributed by atoms with van der Waals surface area (Å²) >= 11 is 0. The quantitative estimate of drug-likeness (QED) is 0.736. The monoisotopic (exact) mass is 296 g/mol. The summed E-state index contributed by atoms with van der Waals surface area (Å²) in [5.41, 5.74) is 3.70. The minimum absolute atomic E-state index is 0.0930. The van der Waals surface area contributed by atoms with Crippen LogP contribution in [0.4, 0.5) is 0 Å². The van der Waals surface area contributed by atoms with Crippen molar-refractivity contribution in [3.05, 3.63) is 71.3 Å². The SMILES string of the molecule is Cc1ccccc1CNC(=O)CCNCCc1ccccc1. The van der Waals surface area contributed by atoms with Crippen molar-refractivity contribution in [1.82, 2.24) is 10.6 Å². The fourth-order valence-corrected chi connectivity index (χ4v) is 2.29. The molecule has 3 heteroatoms. The van der Waals surface area contributed by atoms with Crippen LogP contribution in [0.3, 0.4) is 0 Å². The Morgan fingerprint density at radius 2 is 1.68 bits per heavy atom. The standard InChI is InChI=1S/C19H24N2O/c1-16-7-5-6-10-18(16)15-21-19(22)12-14-20-13-11-17-8-3-2-4-9-17/h2-10,20H,11-15H2,1H3,(H,21,22). The van der Waals surface area contributed by atoms with E-state index >= 15 is 0 Å². The molecule has 0 radical (unpaired) electrons. The second kappa shape index (κ2) is 9.00. The molecule has 0 spiro atoms. The van der Waals surface area contributed by atoms with Gasteiger partial charge in [0.2, 0.25) is 5.91 Å². The fourth-order valence-electron chi connectivity index (χ4n) is 2.29. The molecule has 0 saturated carbocycles. The van der Waals surface area contributed by atoms with Gasteiger partial charge in [0.1, 0.15) is 0 Å². The second-order valence-electron chi connectivity index (χ2n) is 5.44. The number of aryl methyl sites for hydroxylation is 1. The molecule has 0 aliphatic carbocycles. The lowest BCUT2D eigenvalue weighted by Crippen LogP contribution is -2.28. The van der Waals surface area contributed by atoms with Gasteiger partial charge in [-0.15, -0.1) is 0 Å². The summed E-state index contributed by atoms with van der Waals surface area (Å²) in [6.07, 6.45) is 1.51. The van der Waals surface area contributed by atoms with E-state index in [1.165, 1.54) is 16.7 Å². The zero-order valence-electron chi connectivity index (χ0n) is 13.1. The molecule has 0 fully saturated rings. The number of rotatable bonds is 8. The van der Waals surface area contributed by atoms with Crippen molar-refractivity contribution < 1.29 is 4.79 Å². The van der Waals surface area contributed by atoms with Crippen LogP contribution in [0, 0.1) is 6.92 Å². The third kappa shape index (κ3) is 5.70. The van der Waals surface area contributed by atoms with Gasteiger partial charge in [-0.25, -0.2) is 0 Å². The first-order valence-electron chi connectivity index (χ1n) is 7.81. The van der Waals surface area contributed by atoms with E-state index in [0.29, 0.717) is 19.5 Å². The smallest absolute Gasteiger partial charge is 0.221 e. The largest absolute Gasteiger partial charge is 0.352 e. The van der Waals surface area contributed by atoms with Crippen LogP contribution in [0.15, 0.2) is 54.6 Å². The minimum atomic E-state index is 0.0930. The predicted molar refractivity (Wildman–Crippen MR) is 90.7 cm³/mol. The van der Waals surface area contributed by atoms with Crippen molar-refractivity contribution in [2.75, 3.05) is 13.1 Å². The topological polar surface area (TPSA) is 41.1 Å². The highest BCUT2D eigenvalue weighted by Gasteiger charge is 2.02. The summed E-state index contributed by atoms with van der Waals surface area (Å²) in [6.45, 7) is 4.28. The first kappa shape index (κ1) is 16.2. The fraction of sp³-hybridized carbons (Fsp3) is 0.316. The Bertz CT molecular complexity index is 581. The zero-order chi connectivity index (χ0) is 15.6.